The Labute approximate surface area is 163 Å². The Morgan fingerprint density at radius 2 is 2.00 bits per heavy atom. The molecule has 150 valence electrons. The topological polar surface area (TPSA) is 69.4 Å². The summed E-state index contributed by atoms with van der Waals surface area (Å²) in [4.78, 5) is 24.5. The van der Waals surface area contributed by atoms with Gasteiger partial charge in [-0.25, -0.2) is 0 Å². The van der Waals surface area contributed by atoms with Gasteiger partial charge >= 0.3 is 5.97 Å². The molecule has 4 aliphatic carbocycles. The van der Waals surface area contributed by atoms with E-state index in [1.54, 1.807) is 0 Å². The van der Waals surface area contributed by atoms with Gasteiger partial charge in [-0.05, 0) is 74.0 Å². The Morgan fingerprint density at radius 1 is 1.22 bits per heavy atom. The molecular formula is C23H35NO3. The molecule has 4 aliphatic rings. The fourth-order valence-corrected chi connectivity index (χ4v) is 7.33. The molecule has 0 aromatic heterocycles. The van der Waals surface area contributed by atoms with Gasteiger partial charge in [0.05, 0.1) is 6.42 Å². The summed E-state index contributed by atoms with van der Waals surface area (Å²) < 4.78 is 5.70. The van der Waals surface area contributed by atoms with Gasteiger partial charge < -0.3 is 10.5 Å². The maximum atomic E-state index is 12.6. The number of carbonyl (C=O) groups excluding carboxylic acids is 2. The van der Waals surface area contributed by atoms with Crippen LogP contribution in [0.25, 0.3) is 0 Å². The first-order chi connectivity index (χ1) is 12.8. The van der Waals surface area contributed by atoms with Crippen LogP contribution in [0.3, 0.4) is 0 Å². The zero-order valence-corrected chi connectivity index (χ0v) is 17.0. The van der Waals surface area contributed by atoms with Crippen LogP contribution < -0.4 is 5.73 Å². The summed E-state index contributed by atoms with van der Waals surface area (Å²) >= 11 is 0. The number of fused-ring (bicyclic) bond motifs is 5. The van der Waals surface area contributed by atoms with Crippen molar-refractivity contribution >= 4 is 11.8 Å². The van der Waals surface area contributed by atoms with Crippen molar-refractivity contribution in [2.45, 2.75) is 77.7 Å². The molecule has 4 nitrogen and oxygen atoms in total. The van der Waals surface area contributed by atoms with Crippen molar-refractivity contribution in [1.29, 1.82) is 0 Å². The Hall–Kier alpha value is -1.16. The van der Waals surface area contributed by atoms with E-state index in [-0.39, 0.29) is 22.9 Å². The molecule has 7 atom stereocenters. The molecule has 4 rings (SSSR count). The van der Waals surface area contributed by atoms with Crippen molar-refractivity contribution in [2.24, 2.45) is 40.2 Å². The maximum Gasteiger partial charge on any atom is 0.307 e. The molecule has 0 aromatic carbocycles. The van der Waals surface area contributed by atoms with Gasteiger partial charge in [0, 0.05) is 18.4 Å². The molecule has 27 heavy (non-hydrogen) atoms. The van der Waals surface area contributed by atoms with Gasteiger partial charge in [-0.3, -0.25) is 9.59 Å². The standard InChI is InChI=1S/C23H35NO3/c1-14-12-15-13-16(27-20(26)8-11-24)6-9-22(15,2)18-7-10-23(3)17(21(14)18)4-5-19(23)25/h15-18,21H,1,4-13,24H2,2-3H3/t15-,16?,17-,18-,21-,22-,23-/m0/s1. The normalized spacial score (nSPS) is 46.4. The van der Waals surface area contributed by atoms with Crippen LogP contribution in [0.4, 0.5) is 0 Å². The minimum absolute atomic E-state index is 0.0355. The van der Waals surface area contributed by atoms with E-state index < -0.39 is 0 Å². The number of carbonyl (C=O) groups is 2. The molecule has 0 spiro atoms. The third-order valence-corrected chi connectivity index (χ3v) is 8.94. The molecule has 4 saturated carbocycles. The fraction of sp³-hybridized carbons (Fsp3) is 0.826. The lowest BCUT2D eigenvalue weighted by molar-refractivity contribution is -0.158. The number of ether oxygens (including phenoxy) is 1. The molecular weight excluding hydrogens is 338 g/mol. The van der Waals surface area contributed by atoms with E-state index in [9.17, 15) is 9.59 Å². The first kappa shape index (κ1) is 19.2. The summed E-state index contributed by atoms with van der Waals surface area (Å²) in [6.45, 7) is 9.56. The summed E-state index contributed by atoms with van der Waals surface area (Å²) in [5.74, 6) is 2.51. The second kappa shape index (κ2) is 6.72. The number of ketones is 1. The first-order valence-electron chi connectivity index (χ1n) is 10.9. The Balaban J connectivity index is 1.53. The van der Waals surface area contributed by atoms with Gasteiger partial charge in [-0.15, -0.1) is 0 Å². The number of allylic oxidation sites excluding steroid dienone is 1. The van der Waals surface area contributed by atoms with Gasteiger partial charge in [0.1, 0.15) is 11.9 Å². The maximum absolute atomic E-state index is 12.6. The smallest absolute Gasteiger partial charge is 0.307 e. The number of Topliss-reactive ketones (excluding diaryl/α,β-unsaturated/α-hetero) is 1. The Morgan fingerprint density at radius 3 is 2.74 bits per heavy atom. The van der Waals surface area contributed by atoms with Gasteiger partial charge in [0.15, 0.2) is 0 Å². The van der Waals surface area contributed by atoms with Gasteiger partial charge in [-0.1, -0.05) is 26.0 Å². The molecule has 0 aliphatic heterocycles. The molecule has 1 unspecified atom stereocenters. The number of nitrogens with two attached hydrogens (primary N) is 1. The highest BCUT2D eigenvalue weighted by atomic mass is 16.5. The highest BCUT2D eigenvalue weighted by Crippen LogP contribution is 2.66. The average Bonchev–Trinajstić information content (AvgIpc) is 2.92. The number of hydrogen-bond acceptors (Lipinski definition) is 4. The molecule has 0 radical (unpaired) electrons. The number of hydrogen-bond donors (Lipinski definition) is 1. The largest absolute Gasteiger partial charge is 0.462 e. The van der Waals surface area contributed by atoms with E-state index in [1.165, 1.54) is 5.57 Å². The molecule has 0 heterocycles. The van der Waals surface area contributed by atoms with Crippen LogP contribution >= 0.6 is 0 Å². The van der Waals surface area contributed by atoms with Crippen LogP contribution in [0, 0.1) is 34.5 Å². The molecule has 2 N–H and O–H groups in total. The fourth-order valence-electron chi connectivity index (χ4n) is 7.33. The Kier molecular flexibility index (Phi) is 4.77. The zero-order valence-electron chi connectivity index (χ0n) is 17.0. The lowest BCUT2D eigenvalue weighted by Crippen LogP contribution is -2.55. The SMILES string of the molecule is C=C1C[C@H]2CC(OC(=O)CCN)CC[C@]2(C)[C@H]2CC[C@]3(C)C(=O)CC[C@H]3[C@H]12. The van der Waals surface area contributed by atoms with Crippen molar-refractivity contribution in [3.63, 3.8) is 0 Å². The average molecular weight is 374 g/mol. The second-order valence-electron chi connectivity index (χ2n) is 10.1. The predicted octanol–water partition coefficient (Wildman–Crippen LogP) is 4.02. The van der Waals surface area contributed by atoms with E-state index in [4.69, 9.17) is 10.5 Å². The van der Waals surface area contributed by atoms with Gasteiger partial charge in [0.25, 0.3) is 0 Å². The third kappa shape index (κ3) is 2.90. The Bertz CT molecular complexity index is 658. The quantitative estimate of drug-likeness (QED) is 0.599. The van der Waals surface area contributed by atoms with E-state index in [0.717, 1.165) is 51.4 Å². The number of rotatable bonds is 3. The molecule has 4 fully saturated rings. The van der Waals surface area contributed by atoms with E-state index >= 15 is 0 Å². The van der Waals surface area contributed by atoms with Gasteiger partial charge in [-0.2, -0.15) is 0 Å². The van der Waals surface area contributed by atoms with E-state index in [1.807, 2.05) is 0 Å². The van der Waals surface area contributed by atoms with Crippen molar-refractivity contribution in [2.75, 3.05) is 6.54 Å². The van der Waals surface area contributed by atoms with Crippen LogP contribution in [0.15, 0.2) is 12.2 Å². The molecule has 0 aromatic rings. The summed E-state index contributed by atoms with van der Waals surface area (Å²) in [6, 6.07) is 0. The van der Waals surface area contributed by atoms with Gasteiger partial charge in [0.2, 0.25) is 0 Å². The van der Waals surface area contributed by atoms with Crippen LogP contribution in [-0.2, 0) is 14.3 Å². The van der Waals surface area contributed by atoms with Crippen LogP contribution in [0.5, 0.6) is 0 Å². The minimum atomic E-state index is -0.156. The monoisotopic (exact) mass is 373 g/mol. The number of esters is 1. The van der Waals surface area contributed by atoms with Crippen molar-refractivity contribution in [3.05, 3.63) is 12.2 Å². The van der Waals surface area contributed by atoms with Crippen molar-refractivity contribution < 1.29 is 14.3 Å². The highest BCUT2D eigenvalue weighted by molar-refractivity contribution is 5.87. The van der Waals surface area contributed by atoms with Crippen LogP contribution in [-0.4, -0.2) is 24.4 Å². The van der Waals surface area contributed by atoms with Crippen molar-refractivity contribution in [3.8, 4) is 0 Å². The van der Waals surface area contributed by atoms with E-state index in [2.05, 4.69) is 20.4 Å². The van der Waals surface area contributed by atoms with E-state index in [0.29, 0.717) is 42.4 Å². The summed E-state index contributed by atoms with van der Waals surface area (Å²) in [7, 11) is 0. The van der Waals surface area contributed by atoms with Crippen molar-refractivity contribution in [1.82, 2.24) is 0 Å². The highest BCUT2D eigenvalue weighted by Gasteiger charge is 2.61. The molecule has 0 amide bonds. The zero-order chi connectivity index (χ0) is 19.4. The summed E-state index contributed by atoms with van der Waals surface area (Å²) in [5.41, 5.74) is 7.02. The lowest BCUT2D eigenvalue weighted by atomic mass is 9.44. The minimum Gasteiger partial charge on any atom is -0.462 e. The summed E-state index contributed by atoms with van der Waals surface area (Å²) in [6.07, 6.45) is 8.41. The lowest BCUT2D eigenvalue weighted by Gasteiger charge is -2.60. The van der Waals surface area contributed by atoms with Crippen LogP contribution in [0.2, 0.25) is 0 Å². The third-order valence-electron chi connectivity index (χ3n) is 8.94. The van der Waals surface area contributed by atoms with Crippen LogP contribution in [0.1, 0.15) is 71.6 Å². The second-order valence-corrected chi connectivity index (χ2v) is 10.1. The predicted molar refractivity (Wildman–Crippen MR) is 105 cm³/mol. The molecule has 0 saturated heterocycles. The first-order valence-corrected chi connectivity index (χ1v) is 10.9. The molecule has 0 bridgehead atoms. The summed E-state index contributed by atoms with van der Waals surface area (Å²) in [5, 5.41) is 0. The molecule has 4 heteroatoms.